The summed E-state index contributed by atoms with van der Waals surface area (Å²) in [4.78, 5) is 0. The molecule has 21 heavy (non-hydrogen) atoms. The van der Waals surface area contributed by atoms with Crippen LogP contribution >= 0.6 is 11.6 Å². The molecule has 2 aromatic carbocycles. The lowest BCUT2D eigenvalue weighted by molar-refractivity contribution is 0.656. The maximum absolute atomic E-state index is 6.01. The van der Waals surface area contributed by atoms with Crippen LogP contribution in [0.5, 0.6) is 0 Å². The molecule has 0 saturated carbocycles. The molecule has 0 aliphatic carbocycles. The molecule has 3 aromatic rings. The molecular formula is C18H19ClN2. The Morgan fingerprint density at radius 3 is 2.62 bits per heavy atom. The van der Waals surface area contributed by atoms with Crippen molar-refractivity contribution in [2.45, 2.75) is 20.0 Å². The van der Waals surface area contributed by atoms with E-state index in [1.54, 1.807) is 0 Å². The molecule has 0 aliphatic heterocycles. The summed E-state index contributed by atoms with van der Waals surface area (Å²) in [5, 5.41) is 5.63. The molecule has 0 spiro atoms. The summed E-state index contributed by atoms with van der Waals surface area (Å²) in [5.74, 6) is 0. The summed E-state index contributed by atoms with van der Waals surface area (Å²) >= 11 is 6.01. The van der Waals surface area contributed by atoms with Crippen molar-refractivity contribution in [3.8, 4) is 0 Å². The minimum absolute atomic E-state index is 0.787. The van der Waals surface area contributed by atoms with E-state index in [-0.39, 0.29) is 0 Å². The quantitative estimate of drug-likeness (QED) is 0.754. The zero-order chi connectivity index (χ0) is 14.8. The van der Waals surface area contributed by atoms with Gasteiger partial charge in [-0.15, -0.1) is 0 Å². The van der Waals surface area contributed by atoms with E-state index >= 15 is 0 Å². The Hall–Kier alpha value is -1.77. The molecule has 2 nitrogen and oxygen atoms in total. The molecule has 0 unspecified atom stereocenters. The second-order valence-electron chi connectivity index (χ2n) is 5.38. The zero-order valence-corrected chi connectivity index (χ0v) is 13.1. The van der Waals surface area contributed by atoms with Crippen LogP contribution in [-0.2, 0) is 20.1 Å². The van der Waals surface area contributed by atoms with Crippen LogP contribution in [0.3, 0.4) is 0 Å². The van der Waals surface area contributed by atoms with Crippen molar-refractivity contribution in [2.24, 2.45) is 7.05 Å². The number of nitrogens with one attached hydrogen (secondary N) is 1. The lowest BCUT2D eigenvalue weighted by atomic mass is 10.1. The number of fused-ring (bicyclic) bond motifs is 1. The minimum atomic E-state index is 0.787. The van der Waals surface area contributed by atoms with Crippen LogP contribution in [0.25, 0.3) is 10.9 Å². The summed E-state index contributed by atoms with van der Waals surface area (Å²) in [7, 11) is 2.13. The lowest BCUT2D eigenvalue weighted by Crippen LogP contribution is -2.15. The van der Waals surface area contributed by atoms with Crippen LogP contribution in [0.15, 0.2) is 48.5 Å². The van der Waals surface area contributed by atoms with Crippen LogP contribution in [0.1, 0.15) is 16.8 Å². The van der Waals surface area contributed by atoms with Gasteiger partial charge in [0.25, 0.3) is 0 Å². The molecule has 0 fully saturated rings. The van der Waals surface area contributed by atoms with E-state index in [9.17, 15) is 0 Å². The molecule has 3 heteroatoms. The molecule has 1 N–H and O–H groups in total. The second-order valence-corrected chi connectivity index (χ2v) is 5.82. The third kappa shape index (κ3) is 2.82. The first-order chi connectivity index (χ1) is 10.2. The van der Waals surface area contributed by atoms with Crippen LogP contribution in [0.2, 0.25) is 5.02 Å². The first kappa shape index (κ1) is 14.2. The molecule has 0 radical (unpaired) electrons. The molecule has 0 atom stereocenters. The largest absolute Gasteiger partial charge is 0.346 e. The van der Waals surface area contributed by atoms with E-state index in [0.717, 1.165) is 18.1 Å². The third-order valence-corrected chi connectivity index (χ3v) is 4.25. The first-order valence-corrected chi connectivity index (χ1v) is 7.52. The van der Waals surface area contributed by atoms with Gasteiger partial charge in [0.05, 0.1) is 0 Å². The smallest absolute Gasteiger partial charge is 0.0483 e. The first-order valence-electron chi connectivity index (χ1n) is 7.15. The van der Waals surface area contributed by atoms with Gasteiger partial charge in [-0.1, -0.05) is 41.9 Å². The number of para-hydroxylation sites is 1. The summed E-state index contributed by atoms with van der Waals surface area (Å²) in [5.41, 5.74) is 5.18. The van der Waals surface area contributed by atoms with Crippen LogP contribution in [0.4, 0.5) is 0 Å². The molecule has 0 bridgehead atoms. The van der Waals surface area contributed by atoms with Gasteiger partial charge in [0.2, 0.25) is 0 Å². The van der Waals surface area contributed by atoms with Gasteiger partial charge in [-0.05, 0) is 36.2 Å². The van der Waals surface area contributed by atoms with Crippen molar-refractivity contribution < 1.29 is 0 Å². The number of rotatable bonds is 4. The standard InChI is InChI=1S/C18H19ClN2/c1-13-16-8-3-4-9-17(16)21(2)18(13)12-20-11-14-6-5-7-15(19)10-14/h3-10,20H,11-12H2,1-2H3. The van der Waals surface area contributed by atoms with Gasteiger partial charge in [0.15, 0.2) is 0 Å². The van der Waals surface area contributed by atoms with E-state index in [1.807, 2.05) is 18.2 Å². The fourth-order valence-corrected chi connectivity index (χ4v) is 3.07. The van der Waals surface area contributed by atoms with E-state index in [2.05, 4.69) is 54.2 Å². The number of halogens is 1. The summed E-state index contributed by atoms with van der Waals surface area (Å²) in [6, 6.07) is 16.5. The van der Waals surface area contributed by atoms with Crippen molar-refractivity contribution in [2.75, 3.05) is 0 Å². The number of benzene rings is 2. The van der Waals surface area contributed by atoms with Gasteiger partial charge in [0.1, 0.15) is 0 Å². The van der Waals surface area contributed by atoms with E-state index in [1.165, 1.54) is 27.7 Å². The normalized spacial score (nSPS) is 11.2. The van der Waals surface area contributed by atoms with Crippen molar-refractivity contribution in [1.29, 1.82) is 0 Å². The van der Waals surface area contributed by atoms with Crippen LogP contribution < -0.4 is 5.32 Å². The van der Waals surface area contributed by atoms with Gasteiger partial charge >= 0.3 is 0 Å². The number of nitrogens with zero attached hydrogens (tertiary/aromatic N) is 1. The summed E-state index contributed by atoms with van der Waals surface area (Å²) < 4.78 is 2.27. The predicted octanol–water partition coefficient (Wildman–Crippen LogP) is 4.43. The molecule has 3 rings (SSSR count). The van der Waals surface area contributed by atoms with E-state index in [0.29, 0.717) is 0 Å². The van der Waals surface area contributed by atoms with Crippen LogP contribution in [0, 0.1) is 6.92 Å². The maximum Gasteiger partial charge on any atom is 0.0483 e. The minimum Gasteiger partial charge on any atom is -0.346 e. The number of hydrogen-bond acceptors (Lipinski definition) is 1. The number of hydrogen-bond donors (Lipinski definition) is 1. The monoisotopic (exact) mass is 298 g/mol. The summed E-state index contributed by atoms with van der Waals surface area (Å²) in [6.45, 7) is 3.86. The highest BCUT2D eigenvalue weighted by Gasteiger charge is 2.10. The van der Waals surface area contributed by atoms with E-state index in [4.69, 9.17) is 11.6 Å². The van der Waals surface area contributed by atoms with Crippen molar-refractivity contribution in [3.05, 3.63) is 70.4 Å². The van der Waals surface area contributed by atoms with Gasteiger partial charge in [-0.25, -0.2) is 0 Å². The highest BCUT2D eigenvalue weighted by Crippen LogP contribution is 2.24. The Bertz CT molecular complexity index is 735. The topological polar surface area (TPSA) is 17.0 Å². The molecule has 0 aliphatic rings. The fraction of sp³-hybridized carbons (Fsp3) is 0.222. The summed E-state index contributed by atoms with van der Waals surface area (Å²) in [6.07, 6.45) is 0. The van der Waals surface area contributed by atoms with Gasteiger partial charge in [-0.2, -0.15) is 0 Å². The lowest BCUT2D eigenvalue weighted by Gasteiger charge is -2.08. The highest BCUT2D eigenvalue weighted by molar-refractivity contribution is 6.30. The predicted molar refractivity (Wildman–Crippen MR) is 89.7 cm³/mol. The number of aromatic nitrogens is 1. The fourth-order valence-electron chi connectivity index (χ4n) is 2.86. The Morgan fingerprint density at radius 1 is 1.05 bits per heavy atom. The molecular weight excluding hydrogens is 280 g/mol. The molecule has 0 amide bonds. The maximum atomic E-state index is 6.01. The molecule has 108 valence electrons. The molecule has 1 heterocycles. The average molecular weight is 299 g/mol. The Morgan fingerprint density at radius 2 is 1.86 bits per heavy atom. The highest BCUT2D eigenvalue weighted by atomic mass is 35.5. The van der Waals surface area contributed by atoms with Gasteiger partial charge in [-0.3, -0.25) is 0 Å². The Balaban J connectivity index is 1.76. The third-order valence-electron chi connectivity index (χ3n) is 4.02. The molecule has 1 aromatic heterocycles. The van der Waals surface area contributed by atoms with Crippen molar-refractivity contribution >= 4 is 22.5 Å². The second kappa shape index (κ2) is 5.92. The number of aryl methyl sites for hydroxylation is 2. The Kier molecular flexibility index (Phi) is 4.00. The van der Waals surface area contributed by atoms with Crippen LogP contribution in [-0.4, -0.2) is 4.57 Å². The molecule has 0 saturated heterocycles. The average Bonchev–Trinajstić information content (AvgIpc) is 2.73. The van der Waals surface area contributed by atoms with Gasteiger partial charge < -0.3 is 9.88 Å². The van der Waals surface area contributed by atoms with E-state index < -0.39 is 0 Å². The van der Waals surface area contributed by atoms with Crippen molar-refractivity contribution in [1.82, 2.24) is 9.88 Å². The zero-order valence-electron chi connectivity index (χ0n) is 12.4. The SMILES string of the molecule is Cc1c(CNCc2cccc(Cl)c2)n(C)c2ccccc12. The van der Waals surface area contributed by atoms with Gasteiger partial charge in [0, 0.05) is 41.8 Å². The van der Waals surface area contributed by atoms with Crippen molar-refractivity contribution in [3.63, 3.8) is 0 Å². The Labute approximate surface area is 130 Å².